The average molecular weight is 773 g/mol. The second-order valence-electron chi connectivity index (χ2n) is 12.5. The largest absolute Gasteiger partial charge is 0.493 e. The van der Waals surface area contributed by atoms with E-state index in [2.05, 4.69) is 59.5 Å². The van der Waals surface area contributed by atoms with Gasteiger partial charge in [-0.1, -0.05) is 65.8 Å². The Labute approximate surface area is 310 Å². The summed E-state index contributed by atoms with van der Waals surface area (Å²) in [7, 11) is 1.61. The van der Waals surface area contributed by atoms with E-state index in [0.717, 1.165) is 39.1 Å². The fraction of sp³-hybridized carbons (Fsp3) is 0.256. The number of nitrogens with zero attached hydrogens (tertiary/aromatic N) is 3. The van der Waals surface area contributed by atoms with Gasteiger partial charge in [-0.3, -0.25) is 4.79 Å². The van der Waals surface area contributed by atoms with Gasteiger partial charge in [0.15, 0.2) is 11.5 Å². The number of carbonyl (C=O) groups excluding carboxylic acids is 1. The van der Waals surface area contributed by atoms with Gasteiger partial charge in [0.2, 0.25) is 11.1 Å². The highest BCUT2D eigenvalue weighted by molar-refractivity contribution is 9.10. The van der Waals surface area contributed by atoms with Gasteiger partial charge in [-0.15, -0.1) is 5.10 Å². The van der Waals surface area contributed by atoms with Crippen LogP contribution in [0.4, 0.5) is 11.6 Å². The highest BCUT2D eigenvalue weighted by Gasteiger charge is 2.36. The molecule has 1 aliphatic heterocycles. The van der Waals surface area contributed by atoms with Crippen molar-refractivity contribution in [3.8, 4) is 11.5 Å². The number of hydrogen-bond acceptors (Lipinski definition) is 7. The van der Waals surface area contributed by atoms with E-state index in [1.807, 2.05) is 75.4 Å². The zero-order valence-corrected chi connectivity index (χ0v) is 32.2. The summed E-state index contributed by atoms with van der Waals surface area (Å²) >= 11 is 11.7. The van der Waals surface area contributed by atoms with E-state index in [0.29, 0.717) is 55.7 Å². The predicted octanol–water partition coefficient (Wildman–Crippen LogP) is 10.0. The fourth-order valence-corrected chi connectivity index (χ4v) is 7.68. The minimum absolute atomic E-state index is 0.249. The quantitative estimate of drug-likeness (QED) is 0.137. The Morgan fingerprint density at radius 3 is 2.48 bits per heavy atom. The summed E-state index contributed by atoms with van der Waals surface area (Å²) in [4.78, 5) is 19.1. The molecule has 1 amide bonds. The van der Waals surface area contributed by atoms with Crippen molar-refractivity contribution in [2.24, 2.45) is 0 Å². The molecule has 2 N–H and O–H groups in total. The molecule has 0 bridgehead atoms. The molecule has 4 aromatic carbocycles. The summed E-state index contributed by atoms with van der Waals surface area (Å²) in [5.41, 5.74) is 10.5. The lowest BCUT2D eigenvalue weighted by Crippen LogP contribution is -2.31. The van der Waals surface area contributed by atoms with Crippen LogP contribution in [0.2, 0.25) is 5.02 Å². The van der Waals surface area contributed by atoms with Crippen LogP contribution < -0.4 is 20.1 Å². The number of anilines is 2. The standard InChI is InChI=1S/C39H39BrClN5O3S/c1-21-11-10-14-32(25(21)5)43-37(47)34-26(6)42-38-44-39(50-20-27-12-8-9-13-31(27)41)45-46(38)35(34)28-17-30(40)36(33(18-28)48-7)49-19-29-16-23(3)22(2)15-24(29)4/h8-18,35H,19-20H2,1-7H3,(H,43,47)(H,42,44,45). The summed E-state index contributed by atoms with van der Waals surface area (Å²) in [5, 5.41) is 12.7. The van der Waals surface area contributed by atoms with Crippen LogP contribution in [0, 0.1) is 34.6 Å². The normalized spacial score (nSPS) is 13.9. The molecule has 8 nitrogen and oxygen atoms in total. The van der Waals surface area contributed by atoms with Crippen LogP contribution in [0.1, 0.15) is 57.5 Å². The van der Waals surface area contributed by atoms with Crippen LogP contribution in [0.5, 0.6) is 11.5 Å². The molecular formula is C39H39BrClN5O3S. The number of amides is 1. The zero-order chi connectivity index (χ0) is 35.7. The number of thioether (sulfide) groups is 1. The molecule has 50 heavy (non-hydrogen) atoms. The molecule has 1 unspecified atom stereocenters. The molecule has 5 aromatic rings. The Morgan fingerprint density at radius 2 is 1.72 bits per heavy atom. The van der Waals surface area contributed by atoms with Crippen LogP contribution in [0.25, 0.3) is 0 Å². The van der Waals surface area contributed by atoms with E-state index in [-0.39, 0.29) is 5.91 Å². The van der Waals surface area contributed by atoms with Crippen molar-refractivity contribution >= 4 is 56.8 Å². The van der Waals surface area contributed by atoms with Gasteiger partial charge in [0.25, 0.3) is 5.91 Å². The maximum atomic E-state index is 14.3. The minimum atomic E-state index is -0.639. The maximum Gasteiger partial charge on any atom is 0.255 e. The number of methoxy groups -OCH3 is 1. The molecule has 0 saturated heterocycles. The predicted molar refractivity (Wildman–Crippen MR) is 206 cm³/mol. The van der Waals surface area contributed by atoms with Gasteiger partial charge in [0.05, 0.1) is 17.2 Å². The lowest BCUT2D eigenvalue weighted by molar-refractivity contribution is -0.113. The Hall–Kier alpha value is -4.25. The number of nitrogens with one attached hydrogen (secondary N) is 2. The van der Waals surface area contributed by atoms with Gasteiger partial charge >= 0.3 is 0 Å². The number of rotatable bonds is 10. The molecule has 6 rings (SSSR count). The molecule has 1 atom stereocenters. The van der Waals surface area contributed by atoms with Gasteiger partial charge in [0, 0.05) is 22.2 Å². The van der Waals surface area contributed by atoms with Gasteiger partial charge in [-0.2, -0.15) is 4.98 Å². The summed E-state index contributed by atoms with van der Waals surface area (Å²) in [5.74, 6) is 1.96. The van der Waals surface area contributed by atoms with E-state index in [1.54, 1.807) is 11.8 Å². The second kappa shape index (κ2) is 14.9. The zero-order valence-electron chi connectivity index (χ0n) is 29.1. The van der Waals surface area contributed by atoms with Gasteiger partial charge in [-0.05, 0) is 126 Å². The Balaban J connectivity index is 1.39. The van der Waals surface area contributed by atoms with Crippen LogP contribution in [0.3, 0.4) is 0 Å². The van der Waals surface area contributed by atoms with E-state index >= 15 is 0 Å². The number of halogens is 2. The molecule has 1 aliphatic rings. The van der Waals surface area contributed by atoms with Gasteiger partial charge in [-0.25, -0.2) is 4.68 Å². The molecule has 2 heterocycles. The van der Waals surface area contributed by atoms with Crippen molar-refractivity contribution in [3.63, 3.8) is 0 Å². The third kappa shape index (κ3) is 7.29. The third-order valence-electron chi connectivity index (χ3n) is 9.14. The number of allylic oxidation sites excluding steroid dienone is 1. The van der Waals surface area contributed by atoms with Crippen LogP contribution in [-0.2, 0) is 17.2 Å². The van der Waals surface area contributed by atoms with E-state index < -0.39 is 6.04 Å². The molecular weight excluding hydrogens is 734 g/mol. The van der Waals surface area contributed by atoms with Crippen molar-refractivity contribution in [1.82, 2.24) is 14.8 Å². The topological polar surface area (TPSA) is 90.3 Å². The second-order valence-corrected chi connectivity index (χ2v) is 14.7. The average Bonchev–Trinajstić information content (AvgIpc) is 3.49. The fourth-order valence-electron chi connectivity index (χ4n) is 5.99. The summed E-state index contributed by atoms with van der Waals surface area (Å²) < 4.78 is 14.8. The summed E-state index contributed by atoms with van der Waals surface area (Å²) in [6.45, 7) is 12.6. The molecule has 0 spiro atoms. The molecule has 1 aromatic heterocycles. The first-order valence-electron chi connectivity index (χ1n) is 16.2. The number of ether oxygens (including phenoxy) is 2. The number of aromatic nitrogens is 3. The lowest BCUT2D eigenvalue weighted by atomic mass is 9.94. The number of benzene rings is 4. The molecule has 0 radical (unpaired) electrons. The molecule has 0 saturated carbocycles. The van der Waals surface area contributed by atoms with E-state index in [9.17, 15) is 4.79 Å². The van der Waals surface area contributed by atoms with Gasteiger partial charge in [0.1, 0.15) is 12.6 Å². The Bertz CT molecular complexity index is 2150. The third-order valence-corrected chi connectivity index (χ3v) is 11.0. The Morgan fingerprint density at radius 1 is 0.960 bits per heavy atom. The summed E-state index contributed by atoms with van der Waals surface area (Å²) in [6.07, 6.45) is 0. The van der Waals surface area contributed by atoms with Gasteiger partial charge < -0.3 is 20.1 Å². The monoisotopic (exact) mass is 771 g/mol. The SMILES string of the molecule is COc1cc(C2C(C(=O)Nc3cccc(C)c3C)=C(C)Nc3nc(SCc4ccccc4Cl)nn32)cc(Br)c1OCc1cc(C)c(C)cc1C. The summed E-state index contributed by atoms with van der Waals surface area (Å²) in [6, 6.07) is 21.2. The minimum Gasteiger partial charge on any atom is -0.493 e. The van der Waals surface area contributed by atoms with Crippen molar-refractivity contribution in [2.45, 2.75) is 65.1 Å². The van der Waals surface area contributed by atoms with Crippen molar-refractivity contribution in [3.05, 3.63) is 132 Å². The maximum absolute atomic E-state index is 14.3. The first-order valence-corrected chi connectivity index (χ1v) is 18.4. The van der Waals surface area contributed by atoms with E-state index in [1.165, 1.54) is 22.9 Å². The van der Waals surface area contributed by atoms with Crippen LogP contribution in [0.15, 0.2) is 87.6 Å². The van der Waals surface area contributed by atoms with Crippen molar-refractivity contribution in [2.75, 3.05) is 17.7 Å². The highest BCUT2D eigenvalue weighted by Crippen LogP contribution is 2.44. The first-order chi connectivity index (χ1) is 23.9. The van der Waals surface area contributed by atoms with Crippen LogP contribution in [-0.4, -0.2) is 27.8 Å². The highest BCUT2D eigenvalue weighted by atomic mass is 79.9. The molecule has 11 heteroatoms. The molecule has 0 fully saturated rings. The lowest BCUT2D eigenvalue weighted by Gasteiger charge is -2.29. The number of hydrogen-bond donors (Lipinski definition) is 2. The number of carbonyl (C=O) groups is 1. The van der Waals surface area contributed by atoms with E-state index in [4.69, 9.17) is 31.2 Å². The Kier molecular flexibility index (Phi) is 10.6. The van der Waals surface area contributed by atoms with Crippen LogP contribution >= 0.6 is 39.3 Å². The first kappa shape index (κ1) is 35.6. The van der Waals surface area contributed by atoms with Crippen molar-refractivity contribution < 1.29 is 14.3 Å². The molecule has 0 aliphatic carbocycles. The molecule has 258 valence electrons. The number of fused-ring (bicyclic) bond motifs is 1. The smallest absolute Gasteiger partial charge is 0.255 e. The van der Waals surface area contributed by atoms with Crippen molar-refractivity contribution in [1.29, 1.82) is 0 Å². The number of aryl methyl sites for hydroxylation is 4.